The molecule has 2 heterocycles. The third-order valence-electron chi connectivity index (χ3n) is 8.15. The van der Waals surface area contributed by atoms with Gasteiger partial charge in [-0.25, -0.2) is 0 Å². The Morgan fingerprint density at radius 3 is 2.55 bits per heavy atom. The molecule has 5 heteroatoms. The van der Waals surface area contributed by atoms with Crippen LogP contribution in [-0.4, -0.2) is 35.5 Å². The first-order chi connectivity index (χ1) is 13.8. The molecular weight excluding hydrogens is 362 g/mol. The lowest BCUT2D eigenvalue weighted by Gasteiger charge is -2.61. The summed E-state index contributed by atoms with van der Waals surface area (Å²) < 4.78 is 0. The monoisotopic (exact) mass is 395 g/mol. The van der Waals surface area contributed by atoms with Crippen LogP contribution in [0.25, 0.3) is 0 Å². The normalized spacial score (nSPS) is 40.9. The maximum absolute atomic E-state index is 13.6. The molecule has 3 saturated carbocycles. The molecule has 156 valence electrons. The summed E-state index contributed by atoms with van der Waals surface area (Å²) in [6, 6.07) is 7.76. The topological polar surface area (TPSA) is 61.4 Å². The molecule has 2 aliphatic heterocycles. The molecule has 6 rings (SSSR count). The van der Waals surface area contributed by atoms with E-state index in [1.807, 2.05) is 24.3 Å². The first kappa shape index (κ1) is 19.0. The van der Waals surface area contributed by atoms with Crippen LogP contribution in [0, 0.1) is 29.1 Å². The van der Waals surface area contributed by atoms with Crippen LogP contribution in [-0.2, 0) is 4.79 Å². The van der Waals surface area contributed by atoms with E-state index in [9.17, 15) is 9.59 Å². The molecule has 1 aromatic carbocycles. The van der Waals surface area contributed by atoms with Gasteiger partial charge in [-0.05, 0) is 61.5 Å². The van der Waals surface area contributed by atoms with Crippen molar-refractivity contribution in [1.29, 1.82) is 0 Å². The Kier molecular flexibility index (Phi) is 4.24. The smallest absolute Gasteiger partial charge is 0.255 e. The quantitative estimate of drug-likeness (QED) is 0.759. The second-order valence-electron chi connectivity index (χ2n) is 10.6. The fourth-order valence-electron chi connectivity index (χ4n) is 6.89. The van der Waals surface area contributed by atoms with Crippen LogP contribution in [0.15, 0.2) is 24.3 Å². The zero-order valence-corrected chi connectivity index (χ0v) is 17.8. The molecule has 2 amide bonds. The van der Waals surface area contributed by atoms with Crippen molar-refractivity contribution >= 4 is 17.5 Å². The van der Waals surface area contributed by atoms with Crippen molar-refractivity contribution in [1.82, 2.24) is 10.2 Å². The molecule has 2 N–H and O–H groups in total. The van der Waals surface area contributed by atoms with Crippen molar-refractivity contribution in [2.45, 2.75) is 58.5 Å². The van der Waals surface area contributed by atoms with Crippen molar-refractivity contribution in [3.05, 3.63) is 29.8 Å². The van der Waals surface area contributed by atoms with Crippen molar-refractivity contribution in [2.24, 2.45) is 29.1 Å². The summed E-state index contributed by atoms with van der Waals surface area (Å²) in [5, 5.41) is 7.02. The first-order valence-corrected chi connectivity index (χ1v) is 11.3. The maximum Gasteiger partial charge on any atom is 0.255 e. The summed E-state index contributed by atoms with van der Waals surface area (Å²) >= 11 is 0. The minimum Gasteiger partial charge on any atom is -0.362 e. The number of nitrogens with zero attached hydrogens (tertiary/aromatic N) is 1. The van der Waals surface area contributed by atoms with Gasteiger partial charge < -0.3 is 15.5 Å². The predicted molar refractivity (Wildman–Crippen MR) is 113 cm³/mol. The minimum absolute atomic E-state index is 0.0112. The van der Waals surface area contributed by atoms with Crippen molar-refractivity contribution in [2.75, 3.05) is 18.4 Å². The molecule has 5 aliphatic rings. The molecule has 1 saturated heterocycles. The van der Waals surface area contributed by atoms with Crippen LogP contribution in [0.4, 0.5) is 5.69 Å². The number of nitrogens with one attached hydrogen (secondary N) is 2. The summed E-state index contributed by atoms with van der Waals surface area (Å²) in [5.74, 6) is 1.89. The van der Waals surface area contributed by atoms with E-state index < -0.39 is 5.66 Å². The lowest BCUT2D eigenvalue weighted by Crippen LogP contribution is -2.70. The first-order valence-electron chi connectivity index (χ1n) is 11.3. The van der Waals surface area contributed by atoms with E-state index in [4.69, 9.17) is 0 Å². The van der Waals surface area contributed by atoms with Gasteiger partial charge in [0, 0.05) is 30.6 Å². The van der Waals surface area contributed by atoms with E-state index in [0.717, 1.165) is 44.5 Å². The largest absolute Gasteiger partial charge is 0.362 e. The number of amides is 2. The molecule has 3 aliphatic carbocycles. The van der Waals surface area contributed by atoms with Crippen LogP contribution in [0.5, 0.6) is 0 Å². The van der Waals surface area contributed by atoms with E-state index >= 15 is 0 Å². The van der Waals surface area contributed by atoms with E-state index in [1.54, 1.807) is 0 Å². The number of hydrogen-bond donors (Lipinski definition) is 2. The number of carbonyl (C=O) groups is 2. The Morgan fingerprint density at radius 1 is 1.10 bits per heavy atom. The average molecular weight is 396 g/mol. The van der Waals surface area contributed by atoms with Gasteiger partial charge in [0.25, 0.3) is 5.91 Å². The third-order valence-corrected chi connectivity index (χ3v) is 8.15. The average Bonchev–Trinajstić information content (AvgIpc) is 2.66. The van der Waals surface area contributed by atoms with Crippen LogP contribution in [0.2, 0.25) is 0 Å². The summed E-state index contributed by atoms with van der Waals surface area (Å²) in [5.41, 5.74) is 1.14. The van der Waals surface area contributed by atoms with Crippen molar-refractivity contribution in [3.63, 3.8) is 0 Å². The van der Waals surface area contributed by atoms with Crippen LogP contribution >= 0.6 is 0 Å². The molecular formula is C24H33N3O2. The number of para-hydroxylation sites is 1. The number of benzene rings is 1. The van der Waals surface area contributed by atoms with Gasteiger partial charge in [-0.1, -0.05) is 32.9 Å². The molecule has 0 unspecified atom stereocenters. The zero-order valence-electron chi connectivity index (χ0n) is 17.8. The molecule has 1 spiro atoms. The molecule has 4 fully saturated rings. The van der Waals surface area contributed by atoms with E-state index in [2.05, 4.69) is 36.3 Å². The molecule has 1 aromatic rings. The molecule has 29 heavy (non-hydrogen) atoms. The van der Waals surface area contributed by atoms with Gasteiger partial charge in [-0.2, -0.15) is 0 Å². The van der Waals surface area contributed by atoms with Crippen LogP contribution in [0.1, 0.15) is 63.2 Å². The molecule has 6 atom stereocenters. The van der Waals surface area contributed by atoms with Crippen LogP contribution < -0.4 is 10.6 Å². The number of piperidine rings is 1. The predicted octanol–water partition coefficient (Wildman–Crippen LogP) is 3.87. The summed E-state index contributed by atoms with van der Waals surface area (Å²) in [6.07, 6.45) is 5.02. The lowest BCUT2D eigenvalue weighted by atomic mass is 9.51. The Hall–Kier alpha value is -2.04. The van der Waals surface area contributed by atoms with Gasteiger partial charge in [0.05, 0.1) is 5.56 Å². The Labute approximate surface area is 173 Å². The van der Waals surface area contributed by atoms with Gasteiger partial charge in [-0.3, -0.25) is 9.59 Å². The number of carbonyl (C=O) groups excluding carboxylic acids is 2. The Morgan fingerprint density at radius 2 is 1.83 bits per heavy atom. The highest BCUT2D eigenvalue weighted by atomic mass is 16.2. The van der Waals surface area contributed by atoms with E-state index in [0.29, 0.717) is 23.3 Å². The molecule has 0 aromatic heterocycles. The second-order valence-corrected chi connectivity index (χ2v) is 10.6. The molecule has 0 radical (unpaired) electrons. The fraction of sp³-hybridized carbons (Fsp3) is 0.667. The Balaban J connectivity index is 1.41. The van der Waals surface area contributed by atoms with E-state index in [-0.39, 0.29) is 23.2 Å². The fourth-order valence-corrected chi connectivity index (χ4v) is 6.89. The van der Waals surface area contributed by atoms with Gasteiger partial charge in [-0.15, -0.1) is 0 Å². The lowest BCUT2D eigenvalue weighted by molar-refractivity contribution is -0.153. The van der Waals surface area contributed by atoms with Crippen molar-refractivity contribution < 1.29 is 9.59 Å². The summed E-state index contributed by atoms with van der Waals surface area (Å²) in [7, 11) is 0. The number of anilines is 1. The summed E-state index contributed by atoms with van der Waals surface area (Å²) in [4.78, 5) is 28.6. The Bertz CT molecular complexity index is 844. The number of fused-ring (bicyclic) bond motifs is 3. The molecule has 2 bridgehead atoms. The second kappa shape index (κ2) is 6.48. The maximum atomic E-state index is 13.6. The highest BCUT2D eigenvalue weighted by Crippen LogP contribution is 2.59. The van der Waals surface area contributed by atoms with Crippen LogP contribution in [0.3, 0.4) is 0 Å². The van der Waals surface area contributed by atoms with Gasteiger partial charge in [0.1, 0.15) is 5.66 Å². The standard InChI is InChI=1S/C24H33N3O2/c1-15-10-16(2)13-27(12-15)22(29)19-11-17-8-9-23(19,3)14-24(17)25-20-7-5-4-6-18(20)21(28)26-24/h4-7,15-17,19,25H,8-14H2,1-3H3,(H,26,28)/t15-,16-,17-,19+,23+,24+/m1/s1. The van der Waals surface area contributed by atoms with Gasteiger partial charge >= 0.3 is 0 Å². The van der Waals surface area contributed by atoms with Gasteiger partial charge in [0.15, 0.2) is 0 Å². The number of hydrogen-bond acceptors (Lipinski definition) is 3. The third kappa shape index (κ3) is 2.96. The summed E-state index contributed by atoms with van der Waals surface area (Å²) in [6.45, 7) is 8.59. The molecule has 5 nitrogen and oxygen atoms in total. The highest BCUT2D eigenvalue weighted by Gasteiger charge is 2.60. The van der Waals surface area contributed by atoms with Crippen molar-refractivity contribution in [3.8, 4) is 0 Å². The SMILES string of the molecule is C[C@@H]1C[C@@H](C)CN(C(=O)[C@@H]2C[C@H]3CC[C@@]2(C)C[C@]32NC(=O)c3ccccc3N2)C1. The zero-order chi connectivity index (χ0) is 20.4. The minimum atomic E-state index is -0.419. The van der Waals surface area contributed by atoms with Gasteiger partial charge in [0.2, 0.25) is 5.91 Å². The highest BCUT2D eigenvalue weighted by molar-refractivity contribution is 6.02. The van der Waals surface area contributed by atoms with E-state index in [1.165, 1.54) is 6.42 Å². The number of rotatable bonds is 1. The number of likely N-dealkylation sites (tertiary alicyclic amines) is 1.